The molecule has 3 rings (SSSR count). The standard InChI is InChI=1S/C21H27FN2O2S/c1-15-7-8-19(27-15)18(24-9-11-26-12-10-24)14-23-20(25)21(2,3)16-5-4-6-17(22)13-16/h4-8,13,18H,9-12,14H2,1-3H3,(H,23,25). The molecule has 1 atom stereocenters. The molecule has 1 aliphatic heterocycles. The van der Waals surface area contributed by atoms with Gasteiger partial charge in [0.1, 0.15) is 5.82 Å². The summed E-state index contributed by atoms with van der Waals surface area (Å²) in [7, 11) is 0. The van der Waals surface area contributed by atoms with Crippen LogP contribution in [0.25, 0.3) is 0 Å². The number of carbonyl (C=O) groups excluding carboxylic acids is 1. The Hall–Kier alpha value is -1.76. The van der Waals surface area contributed by atoms with E-state index in [2.05, 4.69) is 29.3 Å². The Kier molecular flexibility index (Phi) is 6.29. The summed E-state index contributed by atoms with van der Waals surface area (Å²) >= 11 is 1.76. The molecule has 2 heterocycles. The van der Waals surface area contributed by atoms with Crippen molar-refractivity contribution < 1.29 is 13.9 Å². The second-order valence-corrected chi connectivity index (χ2v) is 8.78. The number of aryl methyl sites for hydroxylation is 1. The lowest BCUT2D eigenvalue weighted by Crippen LogP contribution is -2.47. The first kappa shape index (κ1) is 20.0. The fourth-order valence-electron chi connectivity index (χ4n) is 3.35. The van der Waals surface area contributed by atoms with E-state index in [-0.39, 0.29) is 17.8 Å². The molecule has 1 amide bonds. The molecule has 6 heteroatoms. The van der Waals surface area contributed by atoms with Crippen molar-refractivity contribution in [2.24, 2.45) is 0 Å². The van der Waals surface area contributed by atoms with Crippen molar-refractivity contribution in [2.75, 3.05) is 32.8 Å². The van der Waals surface area contributed by atoms with Gasteiger partial charge in [0, 0.05) is 29.4 Å². The van der Waals surface area contributed by atoms with Gasteiger partial charge in [-0.3, -0.25) is 9.69 Å². The first-order chi connectivity index (χ1) is 12.9. The average Bonchev–Trinajstić information content (AvgIpc) is 3.08. The van der Waals surface area contributed by atoms with Crippen LogP contribution in [0.3, 0.4) is 0 Å². The third-order valence-corrected chi connectivity index (χ3v) is 6.25. The van der Waals surface area contributed by atoms with E-state index < -0.39 is 5.41 Å². The van der Waals surface area contributed by atoms with E-state index in [1.165, 1.54) is 21.9 Å². The fourth-order valence-corrected chi connectivity index (χ4v) is 4.36. The molecule has 1 aliphatic rings. The number of ether oxygens (including phenoxy) is 1. The molecular weight excluding hydrogens is 363 g/mol. The Balaban J connectivity index is 1.73. The van der Waals surface area contributed by atoms with E-state index in [1.54, 1.807) is 23.5 Å². The van der Waals surface area contributed by atoms with Gasteiger partial charge in [-0.2, -0.15) is 0 Å². The van der Waals surface area contributed by atoms with Crippen LogP contribution in [0, 0.1) is 12.7 Å². The second kappa shape index (κ2) is 8.50. The summed E-state index contributed by atoms with van der Waals surface area (Å²) in [6.45, 7) is 9.41. The highest BCUT2D eigenvalue weighted by Crippen LogP contribution is 2.29. The van der Waals surface area contributed by atoms with Crippen molar-refractivity contribution in [1.29, 1.82) is 0 Å². The van der Waals surface area contributed by atoms with Crippen LogP contribution in [0.15, 0.2) is 36.4 Å². The predicted molar refractivity (Wildman–Crippen MR) is 107 cm³/mol. The Morgan fingerprint density at radius 2 is 2.04 bits per heavy atom. The molecule has 1 unspecified atom stereocenters. The SMILES string of the molecule is Cc1ccc(C(CNC(=O)C(C)(C)c2cccc(F)c2)N2CCOCC2)s1. The van der Waals surface area contributed by atoms with Crippen LogP contribution in [0.2, 0.25) is 0 Å². The Labute approximate surface area is 164 Å². The van der Waals surface area contributed by atoms with Crippen molar-refractivity contribution >= 4 is 17.2 Å². The second-order valence-electron chi connectivity index (χ2n) is 7.46. The van der Waals surface area contributed by atoms with Gasteiger partial charge < -0.3 is 10.1 Å². The topological polar surface area (TPSA) is 41.6 Å². The molecule has 1 saturated heterocycles. The third kappa shape index (κ3) is 4.75. The van der Waals surface area contributed by atoms with Gasteiger partial charge in [-0.1, -0.05) is 12.1 Å². The van der Waals surface area contributed by atoms with Gasteiger partial charge in [-0.25, -0.2) is 4.39 Å². The number of hydrogen-bond donors (Lipinski definition) is 1. The smallest absolute Gasteiger partial charge is 0.230 e. The molecule has 0 spiro atoms. The van der Waals surface area contributed by atoms with Crippen LogP contribution in [0.1, 0.15) is 35.2 Å². The van der Waals surface area contributed by atoms with Crippen LogP contribution in [-0.4, -0.2) is 43.7 Å². The summed E-state index contributed by atoms with van der Waals surface area (Å²) < 4.78 is 19.1. The molecular formula is C21H27FN2O2S. The molecule has 146 valence electrons. The van der Waals surface area contributed by atoms with E-state index in [1.807, 2.05) is 13.8 Å². The number of nitrogens with one attached hydrogen (secondary N) is 1. The number of morpholine rings is 1. The quantitative estimate of drug-likeness (QED) is 0.818. The number of benzene rings is 1. The predicted octanol–water partition coefficient (Wildman–Crippen LogP) is 3.66. The zero-order valence-corrected chi connectivity index (χ0v) is 16.9. The van der Waals surface area contributed by atoms with Crippen LogP contribution < -0.4 is 5.32 Å². The monoisotopic (exact) mass is 390 g/mol. The molecule has 1 aromatic heterocycles. The van der Waals surface area contributed by atoms with E-state index in [0.717, 1.165) is 13.1 Å². The van der Waals surface area contributed by atoms with E-state index in [4.69, 9.17) is 4.74 Å². The van der Waals surface area contributed by atoms with Gasteiger partial charge in [-0.05, 0) is 50.6 Å². The minimum Gasteiger partial charge on any atom is -0.379 e. The summed E-state index contributed by atoms with van der Waals surface area (Å²) in [4.78, 5) is 17.8. The number of nitrogens with zero attached hydrogens (tertiary/aromatic N) is 1. The number of rotatable bonds is 6. The molecule has 27 heavy (non-hydrogen) atoms. The molecule has 0 saturated carbocycles. The van der Waals surface area contributed by atoms with Gasteiger partial charge in [0.2, 0.25) is 5.91 Å². The molecule has 0 aliphatic carbocycles. The zero-order valence-electron chi connectivity index (χ0n) is 16.1. The number of thiophene rings is 1. The van der Waals surface area contributed by atoms with Crippen molar-refractivity contribution in [2.45, 2.75) is 32.2 Å². The van der Waals surface area contributed by atoms with Gasteiger partial charge in [0.15, 0.2) is 0 Å². The van der Waals surface area contributed by atoms with Crippen molar-refractivity contribution in [3.05, 3.63) is 57.5 Å². The summed E-state index contributed by atoms with van der Waals surface area (Å²) in [6.07, 6.45) is 0. The molecule has 1 aromatic carbocycles. The lowest BCUT2D eigenvalue weighted by atomic mass is 9.83. The molecule has 4 nitrogen and oxygen atoms in total. The summed E-state index contributed by atoms with van der Waals surface area (Å²) in [5.41, 5.74) is -0.127. The van der Waals surface area contributed by atoms with Crippen LogP contribution >= 0.6 is 11.3 Å². The Bertz CT molecular complexity index is 784. The van der Waals surface area contributed by atoms with Crippen molar-refractivity contribution in [1.82, 2.24) is 10.2 Å². The van der Waals surface area contributed by atoms with E-state index in [0.29, 0.717) is 25.3 Å². The third-order valence-electron chi connectivity index (χ3n) is 5.15. The summed E-state index contributed by atoms with van der Waals surface area (Å²) in [6, 6.07) is 10.7. The largest absolute Gasteiger partial charge is 0.379 e. The molecule has 1 fully saturated rings. The van der Waals surface area contributed by atoms with Crippen LogP contribution in [-0.2, 0) is 14.9 Å². The lowest BCUT2D eigenvalue weighted by molar-refractivity contribution is -0.126. The molecule has 1 N–H and O–H groups in total. The number of halogens is 1. The maximum Gasteiger partial charge on any atom is 0.230 e. The first-order valence-corrected chi connectivity index (χ1v) is 10.1. The first-order valence-electron chi connectivity index (χ1n) is 9.30. The molecule has 0 radical (unpaired) electrons. The minimum atomic E-state index is -0.803. The molecule has 0 bridgehead atoms. The van der Waals surface area contributed by atoms with E-state index >= 15 is 0 Å². The van der Waals surface area contributed by atoms with Crippen LogP contribution in [0.4, 0.5) is 4.39 Å². The minimum absolute atomic E-state index is 0.0976. The van der Waals surface area contributed by atoms with Crippen molar-refractivity contribution in [3.63, 3.8) is 0 Å². The highest BCUT2D eigenvalue weighted by atomic mass is 32.1. The van der Waals surface area contributed by atoms with Gasteiger partial charge >= 0.3 is 0 Å². The van der Waals surface area contributed by atoms with E-state index in [9.17, 15) is 9.18 Å². The Morgan fingerprint density at radius 3 is 2.67 bits per heavy atom. The number of carbonyl (C=O) groups is 1. The van der Waals surface area contributed by atoms with Gasteiger partial charge in [0.05, 0.1) is 24.7 Å². The van der Waals surface area contributed by atoms with Gasteiger partial charge in [0.25, 0.3) is 0 Å². The highest BCUT2D eigenvalue weighted by molar-refractivity contribution is 7.12. The highest BCUT2D eigenvalue weighted by Gasteiger charge is 2.32. The maximum atomic E-state index is 13.6. The lowest BCUT2D eigenvalue weighted by Gasteiger charge is -2.35. The fraction of sp³-hybridized carbons (Fsp3) is 0.476. The molecule has 2 aromatic rings. The van der Waals surface area contributed by atoms with Crippen molar-refractivity contribution in [3.8, 4) is 0 Å². The van der Waals surface area contributed by atoms with Crippen LogP contribution in [0.5, 0.6) is 0 Å². The Morgan fingerprint density at radius 1 is 1.30 bits per heavy atom. The normalized spacial score (nSPS) is 16.9. The van der Waals surface area contributed by atoms with Gasteiger partial charge in [-0.15, -0.1) is 11.3 Å². The zero-order chi connectivity index (χ0) is 19.4. The maximum absolute atomic E-state index is 13.6. The average molecular weight is 391 g/mol. The summed E-state index contributed by atoms with van der Waals surface area (Å²) in [5, 5.41) is 3.11. The number of amides is 1. The number of hydrogen-bond acceptors (Lipinski definition) is 4. The summed E-state index contributed by atoms with van der Waals surface area (Å²) in [5.74, 6) is -0.423.